The van der Waals surface area contributed by atoms with E-state index < -0.39 is 0 Å². The van der Waals surface area contributed by atoms with E-state index in [1.165, 1.54) is 11.1 Å². The summed E-state index contributed by atoms with van der Waals surface area (Å²) in [7, 11) is 0. The fourth-order valence-corrected chi connectivity index (χ4v) is 3.04. The molecule has 2 nitrogen and oxygen atoms in total. The zero-order valence-corrected chi connectivity index (χ0v) is 11.7. The number of nitrogens with one attached hydrogen (secondary N) is 1. The molecule has 0 radical (unpaired) electrons. The highest BCUT2D eigenvalue weighted by atomic mass is 19.1. The summed E-state index contributed by atoms with van der Waals surface area (Å²) in [5, 5.41) is 3.29. The maximum absolute atomic E-state index is 13.5. The van der Waals surface area contributed by atoms with Crippen LogP contribution in [0.4, 0.5) is 4.39 Å². The van der Waals surface area contributed by atoms with Crippen LogP contribution < -0.4 is 5.32 Å². The Bertz CT molecular complexity index is 610. The fourth-order valence-electron chi connectivity index (χ4n) is 3.04. The quantitative estimate of drug-likeness (QED) is 0.921. The normalized spacial score (nSPS) is 17.2. The topological polar surface area (TPSA) is 24.9 Å². The highest BCUT2D eigenvalue weighted by Gasteiger charge is 2.26. The molecule has 0 spiro atoms. The molecule has 1 aliphatic carbocycles. The summed E-state index contributed by atoms with van der Waals surface area (Å²) in [4.78, 5) is 4.55. The average Bonchev–Trinajstić information content (AvgIpc) is 2.89. The van der Waals surface area contributed by atoms with Gasteiger partial charge in [-0.05, 0) is 54.3 Å². The molecule has 0 saturated heterocycles. The lowest BCUT2D eigenvalue weighted by Gasteiger charge is -2.16. The number of benzene rings is 1. The molecule has 1 heterocycles. The molecule has 104 valence electrons. The van der Waals surface area contributed by atoms with E-state index in [1.807, 2.05) is 18.3 Å². The Labute approximate surface area is 119 Å². The van der Waals surface area contributed by atoms with Crippen LogP contribution in [0.2, 0.25) is 0 Å². The van der Waals surface area contributed by atoms with E-state index in [0.29, 0.717) is 12.5 Å². The molecule has 1 unspecified atom stereocenters. The Kier molecular flexibility index (Phi) is 3.79. The van der Waals surface area contributed by atoms with Crippen molar-refractivity contribution < 1.29 is 4.39 Å². The summed E-state index contributed by atoms with van der Waals surface area (Å²) >= 11 is 0. The van der Waals surface area contributed by atoms with E-state index in [1.54, 1.807) is 12.1 Å². The molecule has 0 aliphatic heterocycles. The first-order chi connectivity index (χ1) is 9.79. The molecule has 1 aliphatic rings. The summed E-state index contributed by atoms with van der Waals surface area (Å²) in [5.41, 5.74) is 4.76. The second-order valence-electron chi connectivity index (χ2n) is 5.26. The number of aryl methyl sites for hydroxylation is 1. The number of aromatic nitrogens is 1. The van der Waals surface area contributed by atoms with Crippen LogP contribution in [0, 0.1) is 5.82 Å². The molecule has 1 N–H and O–H groups in total. The van der Waals surface area contributed by atoms with Crippen LogP contribution in [-0.4, -0.2) is 11.5 Å². The van der Waals surface area contributed by atoms with Crippen molar-refractivity contribution in [2.75, 3.05) is 6.54 Å². The minimum Gasteiger partial charge on any atom is -0.313 e. The lowest BCUT2D eigenvalue weighted by molar-refractivity contribution is 0.617. The lowest BCUT2D eigenvalue weighted by atomic mass is 9.92. The van der Waals surface area contributed by atoms with E-state index in [0.717, 1.165) is 30.6 Å². The molecular formula is C17H19FN2. The van der Waals surface area contributed by atoms with Gasteiger partial charge in [-0.1, -0.05) is 19.1 Å². The van der Waals surface area contributed by atoms with Crippen LogP contribution in [0.3, 0.4) is 0 Å². The fraction of sp³-hybridized carbons (Fsp3) is 0.353. The zero-order chi connectivity index (χ0) is 13.9. The predicted molar refractivity (Wildman–Crippen MR) is 78.2 cm³/mol. The van der Waals surface area contributed by atoms with Crippen molar-refractivity contribution in [3.05, 3.63) is 64.7 Å². The third-order valence-electron chi connectivity index (χ3n) is 4.00. The molecule has 1 aromatic heterocycles. The van der Waals surface area contributed by atoms with Crippen LogP contribution in [0.25, 0.3) is 0 Å². The summed E-state index contributed by atoms with van der Waals surface area (Å²) in [6.07, 6.45) is 3.98. The van der Waals surface area contributed by atoms with Crippen LogP contribution in [0.1, 0.15) is 41.6 Å². The summed E-state index contributed by atoms with van der Waals surface area (Å²) in [6, 6.07) is 9.28. The molecule has 2 aromatic rings. The summed E-state index contributed by atoms with van der Waals surface area (Å²) in [5.74, 6) is 0.140. The highest BCUT2D eigenvalue weighted by Crippen LogP contribution is 2.38. The second-order valence-corrected chi connectivity index (χ2v) is 5.26. The number of pyridine rings is 1. The molecule has 3 rings (SSSR count). The number of halogens is 1. The molecule has 1 atom stereocenters. The van der Waals surface area contributed by atoms with Gasteiger partial charge in [-0.2, -0.15) is 0 Å². The monoisotopic (exact) mass is 270 g/mol. The first-order valence-corrected chi connectivity index (χ1v) is 7.22. The minimum atomic E-state index is -0.166. The van der Waals surface area contributed by atoms with Gasteiger partial charge in [0.25, 0.3) is 0 Å². The van der Waals surface area contributed by atoms with Crippen molar-refractivity contribution in [2.45, 2.75) is 32.2 Å². The van der Waals surface area contributed by atoms with Gasteiger partial charge >= 0.3 is 0 Å². The first-order valence-electron chi connectivity index (χ1n) is 7.22. The molecule has 0 bridgehead atoms. The van der Waals surface area contributed by atoms with Gasteiger partial charge in [-0.25, -0.2) is 4.39 Å². The lowest BCUT2D eigenvalue weighted by Crippen LogP contribution is -2.15. The third-order valence-corrected chi connectivity index (χ3v) is 4.00. The Morgan fingerprint density at radius 2 is 2.25 bits per heavy atom. The molecule has 1 aromatic carbocycles. The Balaban J connectivity index is 1.98. The van der Waals surface area contributed by atoms with Gasteiger partial charge < -0.3 is 5.32 Å². The number of hydrogen-bond donors (Lipinski definition) is 1. The molecule has 0 amide bonds. The number of rotatable bonds is 4. The largest absolute Gasteiger partial charge is 0.313 e. The van der Waals surface area contributed by atoms with Crippen LogP contribution in [0.5, 0.6) is 0 Å². The van der Waals surface area contributed by atoms with Crippen LogP contribution >= 0.6 is 0 Å². The summed E-state index contributed by atoms with van der Waals surface area (Å²) in [6.45, 7) is 3.66. The smallest absolute Gasteiger partial charge is 0.123 e. The Morgan fingerprint density at radius 1 is 1.35 bits per heavy atom. The van der Waals surface area contributed by atoms with E-state index in [9.17, 15) is 4.39 Å². The zero-order valence-electron chi connectivity index (χ0n) is 11.7. The van der Waals surface area contributed by atoms with Gasteiger partial charge in [0.1, 0.15) is 5.82 Å². The van der Waals surface area contributed by atoms with E-state index in [-0.39, 0.29) is 5.82 Å². The minimum absolute atomic E-state index is 0.166. The van der Waals surface area contributed by atoms with Gasteiger partial charge in [0.15, 0.2) is 0 Å². The van der Waals surface area contributed by atoms with E-state index in [2.05, 4.69) is 23.3 Å². The van der Waals surface area contributed by atoms with Gasteiger partial charge in [-0.15, -0.1) is 0 Å². The third kappa shape index (κ3) is 2.46. The molecule has 20 heavy (non-hydrogen) atoms. The van der Waals surface area contributed by atoms with Crippen molar-refractivity contribution in [2.24, 2.45) is 0 Å². The van der Waals surface area contributed by atoms with Gasteiger partial charge in [0, 0.05) is 18.7 Å². The predicted octanol–water partition coefficient (Wildman–Crippen LogP) is 3.41. The molecule has 3 heteroatoms. The van der Waals surface area contributed by atoms with Crippen LogP contribution in [0.15, 0.2) is 36.5 Å². The summed E-state index contributed by atoms with van der Waals surface area (Å²) < 4.78 is 13.5. The Morgan fingerprint density at radius 3 is 3.10 bits per heavy atom. The van der Waals surface area contributed by atoms with Gasteiger partial charge in [0.05, 0.1) is 5.69 Å². The molecule has 0 saturated carbocycles. The van der Waals surface area contributed by atoms with Crippen LogP contribution in [-0.2, 0) is 13.0 Å². The van der Waals surface area contributed by atoms with Crippen molar-refractivity contribution >= 4 is 0 Å². The number of fused-ring (bicyclic) bond motifs is 1. The Hall–Kier alpha value is -1.74. The van der Waals surface area contributed by atoms with Crippen molar-refractivity contribution in [3.8, 4) is 0 Å². The van der Waals surface area contributed by atoms with Crippen molar-refractivity contribution in [1.82, 2.24) is 10.3 Å². The maximum atomic E-state index is 13.5. The standard InChI is InChI=1S/C17H19FN2/c1-2-19-11-13-10-14(18)6-8-15(13)16-7-5-12-4-3-9-20-17(12)16/h3-4,6,8-10,16,19H,2,5,7,11H2,1H3. The van der Waals surface area contributed by atoms with Crippen molar-refractivity contribution in [1.29, 1.82) is 0 Å². The average molecular weight is 270 g/mol. The van der Waals surface area contributed by atoms with Gasteiger partial charge in [0.2, 0.25) is 0 Å². The van der Waals surface area contributed by atoms with Crippen molar-refractivity contribution in [3.63, 3.8) is 0 Å². The molecule has 0 fully saturated rings. The first kappa shape index (κ1) is 13.3. The van der Waals surface area contributed by atoms with Gasteiger partial charge in [-0.3, -0.25) is 4.98 Å². The second kappa shape index (κ2) is 5.71. The SMILES string of the molecule is CCNCc1cc(F)ccc1C1CCc2cccnc21. The highest BCUT2D eigenvalue weighted by molar-refractivity contribution is 5.41. The molecular weight excluding hydrogens is 251 g/mol. The number of nitrogens with zero attached hydrogens (tertiary/aromatic N) is 1. The van der Waals surface area contributed by atoms with E-state index in [4.69, 9.17) is 0 Å². The number of hydrogen-bond acceptors (Lipinski definition) is 2. The maximum Gasteiger partial charge on any atom is 0.123 e. The van der Waals surface area contributed by atoms with E-state index >= 15 is 0 Å².